The Morgan fingerprint density at radius 1 is 1.16 bits per heavy atom. The number of benzene rings is 1. The third-order valence-electron chi connectivity index (χ3n) is 4.12. The van der Waals surface area contributed by atoms with Gasteiger partial charge in [-0.2, -0.15) is 5.26 Å². The van der Waals surface area contributed by atoms with E-state index < -0.39 is 0 Å². The van der Waals surface area contributed by atoms with Gasteiger partial charge in [0.15, 0.2) is 5.82 Å². The second kappa shape index (κ2) is 8.98. The molecule has 1 amide bonds. The Balaban J connectivity index is 2.78. The van der Waals surface area contributed by atoms with Crippen molar-refractivity contribution in [3.63, 3.8) is 0 Å². The maximum Gasteiger partial charge on any atom is 0.222 e. The van der Waals surface area contributed by atoms with Crippen LogP contribution in [0.5, 0.6) is 0 Å². The van der Waals surface area contributed by atoms with Crippen LogP contribution in [0.2, 0.25) is 0 Å². The molecule has 0 aliphatic carbocycles. The molecule has 0 aliphatic rings. The van der Waals surface area contributed by atoms with Crippen LogP contribution in [0.1, 0.15) is 56.9 Å². The van der Waals surface area contributed by atoms with Crippen LogP contribution in [-0.2, 0) is 17.6 Å². The first kappa shape index (κ1) is 18.7. The molecule has 2 rings (SSSR count). The SMILES string of the molecule is CCCCc1c(CCC)nc(NC(C)=O)c(C#N)c1-c1ccccc1. The summed E-state index contributed by atoms with van der Waals surface area (Å²) in [5.74, 6) is 0.157. The highest BCUT2D eigenvalue weighted by Gasteiger charge is 2.21. The number of aryl methyl sites for hydroxylation is 1. The minimum Gasteiger partial charge on any atom is -0.310 e. The predicted molar refractivity (Wildman–Crippen MR) is 101 cm³/mol. The Morgan fingerprint density at radius 3 is 2.44 bits per heavy atom. The van der Waals surface area contributed by atoms with E-state index in [0.717, 1.165) is 54.5 Å². The molecule has 1 aromatic carbocycles. The molecule has 1 N–H and O–H groups in total. The fourth-order valence-electron chi connectivity index (χ4n) is 3.03. The first-order valence-corrected chi connectivity index (χ1v) is 8.91. The van der Waals surface area contributed by atoms with Crippen LogP contribution in [0.3, 0.4) is 0 Å². The number of carbonyl (C=O) groups excluding carboxylic acids is 1. The molecule has 0 radical (unpaired) electrons. The van der Waals surface area contributed by atoms with Gasteiger partial charge in [0.1, 0.15) is 11.6 Å². The van der Waals surface area contributed by atoms with Crippen molar-refractivity contribution in [3.8, 4) is 17.2 Å². The third kappa shape index (κ3) is 4.45. The number of pyridine rings is 1. The zero-order chi connectivity index (χ0) is 18.2. The van der Waals surface area contributed by atoms with Gasteiger partial charge in [0.25, 0.3) is 0 Å². The van der Waals surface area contributed by atoms with Crippen molar-refractivity contribution in [2.75, 3.05) is 5.32 Å². The summed E-state index contributed by atoms with van der Waals surface area (Å²) < 4.78 is 0. The van der Waals surface area contributed by atoms with Gasteiger partial charge in [-0.3, -0.25) is 4.79 Å². The number of carbonyl (C=O) groups is 1. The zero-order valence-electron chi connectivity index (χ0n) is 15.2. The van der Waals surface area contributed by atoms with Gasteiger partial charge in [-0.25, -0.2) is 4.98 Å². The number of nitrogens with one attached hydrogen (secondary N) is 1. The Kier molecular flexibility index (Phi) is 6.71. The van der Waals surface area contributed by atoms with Gasteiger partial charge in [-0.15, -0.1) is 0 Å². The van der Waals surface area contributed by atoms with Crippen molar-refractivity contribution >= 4 is 11.7 Å². The summed E-state index contributed by atoms with van der Waals surface area (Å²) in [6, 6.07) is 12.2. The molecule has 0 aliphatic heterocycles. The molecule has 0 atom stereocenters. The van der Waals surface area contributed by atoms with Crippen molar-refractivity contribution in [1.82, 2.24) is 4.98 Å². The number of unbranched alkanes of at least 4 members (excludes halogenated alkanes) is 1. The molecule has 0 saturated carbocycles. The lowest BCUT2D eigenvalue weighted by Crippen LogP contribution is -2.13. The number of rotatable bonds is 7. The molecule has 1 heterocycles. The molecule has 4 heteroatoms. The molecule has 1 aromatic heterocycles. The Labute approximate surface area is 149 Å². The lowest BCUT2D eigenvalue weighted by atomic mass is 9.90. The van der Waals surface area contributed by atoms with Crippen LogP contribution >= 0.6 is 0 Å². The standard InChI is InChI=1S/C21H25N3O/c1-4-6-13-17-19(10-5-2)24-21(23-15(3)25)18(14-22)20(17)16-11-8-7-9-12-16/h7-9,11-12H,4-6,10,13H2,1-3H3,(H,23,24,25). The van der Waals surface area contributed by atoms with E-state index in [9.17, 15) is 10.1 Å². The van der Waals surface area contributed by atoms with E-state index in [1.807, 2.05) is 30.3 Å². The molecular formula is C21H25N3O. The molecule has 130 valence electrons. The van der Waals surface area contributed by atoms with Crippen molar-refractivity contribution in [2.24, 2.45) is 0 Å². The highest BCUT2D eigenvalue weighted by atomic mass is 16.1. The van der Waals surface area contributed by atoms with Crippen LogP contribution in [0.25, 0.3) is 11.1 Å². The summed E-state index contributed by atoms with van der Waals surface area (Å²) in [6.45, 7) is 5.71. The van der Waals surface area contributed by atoms with Crippen LogP contribution in [0.4, 0.5) is 5.82 Å². The number of amides is 1. The van der Waals surface area contributed by atoms with Gasteiger partial charge in [0.2, 0.25) is 5.91 Å². The summed E-state index contributed by atoms with van der Waals surface area (Å²) in [5.41, 5.74) is 4.49. The number of hydrogen-bond acceptors (Lipinski definition) is 3. The maximum absolute atomic E-state index is 11.6. The number of nitrogens with zero attached hydrogens (tertiary/aromatic N) is 2. The Hall–Kier alpha value is -2.67. The van der Waals surface area contributed by atoms with Gasteiger partial charge in [0.05, 0.1) is 0 Å². The predicted octanol–water partition coefficient (Wildman–Crippen LogP) is 4.87. The van der Waals surface area contributed by atoms with Crippen LogP contribution in [-0.4, -0.2) is 10.9 Å². The molecule has 25 heavy (non-hydrogen) atoms. The van der Waals surface area contributed by atoms with E-state index in [1.54, 1.807) is 0 Å². The quantitative estimate of drug-likeness (QED) is 0.784. The first-order chi connectivity index (χ1) is 12.1. The second-order valence-corrected chi connectivity index (χ2v) is 6.15. The monoisotopic (exact) mass is 335 g/mol. The normalized spacial score (nSPS) is 10.3. The van der Waals surface area contributed by atoms with Gasteiger partial charge < -0.3 is 5.32 Å². The van der Waals surface area contributed by atoms with Crippen molar-refractivity contribution in [3.05, 3.63) is 47.2 Å². The Morgan fingerprint density at radius 2 is 1.88 bits per heavy atom. The lowest BCUT2D eigenvalue weighted by molar-refractivity contribution is -0.114. The van der Waals surface area contributed by atoms with Crippen molar-refractivity contribution in [2.45, 2.75) is 52.9 Å². The summed E-state index contributed by atoms with van der Waals surface area (Å²) in [4.78, 5) is 16.3. The second-order valence-electron chi connectivity index (χ2n) is 6.15. The van der Waals surface area contributed by atoms with Crippen molar-refractivity contribution in [1.29, 1.82) is 5.26 Å². The van der Waals surface area contributed by atoms with Gasteiger partial charge in [-0.1, -0.05) is 57.0 Å². The molecule has 2 aromatic rings. The van der Waals surface area contributed by atoms with E-state index >= 15 is 0 Å². The largest absolute Gasteiger partial charge is 0.310 e. The number of nitriles is 1. The summed E-state index contributed by atoms with van der Waals surface area (Å²) >= 11 is 0. The number of hydrogen-bond donors (Lipinski definition) is 1. The van der Waals surface area contributed by atoms with E-state index in [0.29, 0.717) is 11.4 Å². The Bertz CT molecular complexity index is 776. The number of aromatic nitrogens is 1. The highest BCUT2D eigenvalue weighted by molar-refractivity contribution is 5.91. The smallest absolute Gasteiger partial charge is 0.222 e. The molecule has 4 nitrogen and oxygen atoms in total. The van der Waals surface area contributed by atoms with Gasteiger partial charge in [0, 0.05) is 18.2 Å². The number of anilines is 1. The van der Waals surface area contributed by atoms with Gasteiger partial charge in [-0.05, 0) is 30.4 Å². The molecule has 0 unspecified atom stereocenters. The minimum atomic E-state index is -0.216. The average molecular weight is 335 g/mol. The van der Waals surface area contributed by atoms with Crippen LogP contribution in [0.15, 0.2) is 30.3 Å². The fourth-order valence-corrected chi connectivity index (χ4v) is 3.03. The van der Waals surface area contributed by atoms with E-state index in [-0.39, 0.29) is 5.91 Å². The third-order valence-corrected chi connectivity index (χ3v) is 4.12. The van der Waals surface area contributed by atoms with E-state index in [4.69, 9.17) is 0 Å². The lowest BCUT2D eigenvalue weighted by Gasteiger charge is -2.19. The highest BCUT2D eigenvalue weighted by Crippen LogP contribution is 2.34. The molecular weight excluding hydrogens is 310 g/mol. The topological polar surface area (TPSA) is 65.8 Å². The van der Waals surface area contributed by atoms with Crippen molar-refractivity contribution < 1.29 is 4.79 Å². The molecule has 0 spiro atoms. The van der Waals surface area contributed by atoms with Gasteiger partial charge >= 0.3 is 0 Å². The summed E-state index contributed by atoms with van der Waals surface area (Å²) in [6.07, 6.45) is 4.80. The molecule has 0 saturated heterocycles. The van der Waals surface area contributed by atoms with Crippen LogP contribution in [0, 0.1) is 11.3 Å². The zero-order valence-corrected chi connectivity index (χ0v) is 15.2. The van der Waals surface area contributed by atoms with E-state index in [1.165, 1.54) is 6.92 Å². The first-order valence-electron chi connectivity index (χ1n) is 8.91. The molecule has 0 bridgehead atoms. The summed E-state index contributed by atoms with van der Waals surface area (Å²) in [5, 5.41) is 12.5. The fraction of sp³-hybridized carbons (Fsp3) is 0.381. The minimum absolute atomic E-state index is 0.216. The van der Waals surface area contributed by atoms with E-state index in [2.05, 4.69) is 30.2 Å². The maximum atomic E-state index is 11.6. The summed E-state index contributed by atoms with van der Waals surface area (Å²) in [7, 11) is 0. The molecule has 0 fully saturated rings. The van der Waals surface area contributed by atoms with Crippen LogP contribution < -0.4 is 5.32 Å². The average Bonchev–Trinajstić information content (AvgIpc) is 2.61.